The highest BCUT2D eigenvalue weighted by Crippen LogP contribution is 2.19. The Hall–Kier alpha value is -2.34. The zero-order chi connectivity index (χ0) is 18.8. The van der Waals surface area contributed by atoms with Crippen LogP contribution in [0.5, 0.6) is 0 Å². The second kappa shape index (κ2) is 10.6. The molecular weight excluding hydrogens is 344 g/mol. The summed E-state index contributed by atoms with van der Waals surface area (Å²) in [7, 11) is 0. The maximum atomic E-state index is 11.8. The normalized spacial score (nSPS) is 12.5. The van der Waals surface area contributed by atoms with Gasteiger partial charge in [0, 0.05) is 36.0 Å². The van der Waals surface area contributed by atoms with E-state index in [4.69, 9.17) is 0 Å². The van der Waals surface area contributed by atoms with Gasteiger partial charge in [-0.1, -0.05) is 25.1 Å². The van der Waals surface area contributed by atoms with Gasteiger partial charge in [0.1, 0.15) is 0 Å². The number of nitrogens with zero attached hydrogens (tertiary/aromatic N) is 1. The third-order valence-electron chi connectivity index (χ3n) is 3.92. The molecule has 0 aliphatic heterocycles. The monoisotopic (exact) mass is 372 g/mol. The van der Waals surface area contributed by atoms with Crippen molar-refractivity contribution >= 4 is 23.2 Å². The lowest BCUT2D eigenvalue weighted by molar-refractivity contribution is 0.0956. The highest BCUT2D eigenvalue weighted by molar-refractivity contribution is 7.10. The van der Waals surface area contributed by atoms with Crippen LogP contribution < -0.4 is 16.0 Å². The summed E-state index contributed by atoms with van der Waals surface area (Å²) in [5, 5.41) is 11.6. The van der Waals surface area contributed by atoms with Gasteiger partial charge in [0.2, 0.25) is 0 Å². The predicted octanol–water partition coefficient (Wildman–Crippen LogP) is 3.36. The summed E-state index contributed by atoms with van der Waals surface area (Å²) in [5.74, 6) is 1.21. The second-order valence-corrected chi connectivity index (χ2v) is 7.03. The fourth-order valence-corrected chi connectivity index (χ4v) is 3.25. The molecule has 1 amide bonds. The standard InChI is InChI=1S/C20H28N4OS/c1-4-21-19(25)17-10-8-16(9-11-17)14-24-20(22-5-2)23-13-15(3)18-7-6-12-26-18/h6-12,15H,4-5,13-14H2,1-3H3,(H,21,25)(H2,22,23,24). The molecule has 0 spiro atoms. The molecule has 0 aliphatic rings. The van der Waals surface area contributed by atoms with Crippen molar-refractivity contribution in [3.05, 3.63) is 57.8 Å². The summed E-state index contributed by atoms with van der Waals surface area (Å²) in [4.78, 5) is 17.8. The largest absolute Gasteiger partial charge is 0.357 e. The van der Waals surface area contributed by atoms with E-state index in [1.54, 1.807) is 11.3 Å². The first-order chi connectivity index (χ1) is 12.6. The van der Waals surface area contributed by atoms with Crippen LogP contribution in [0.4, 0.5) is 0 Å². The lowest BCUT2D eigenvalue weighted by atomic mass is 10.1. The van der Waals surface area contributed by atoms with Crippen molar-refractivity contribution in [3.63, 3.8) is 0 Å². The van der Waals surface area contributed by atoms with Gasteiger partial charge in [-0.25, -0.2) is 4.99 Å². The Morgan fingerprint density at radius 1 is 1.08 bits per heavy atom. The van der Waals surface area contributed by atoms with Gasteiger partial charge in [0.15, 0.2) is 5.96 Å². The topological polar surface area (TPSA) is 65.5 Å². The number of hydrogen-bond acceptors (Lipinski definition) is 3. The van der Waals surface area contributed by atoms with E-state index in [-0.39, 0.29) is 5.91 Å². The molecule has 0 radical (unpaired) electrons. The van der Waals surface area contributed by atoms with Crippen LogP contribution in [0.3, 0.4) is 0 Å². The van der Waals surface area contributed by atoms with Crippen molar-refractivity contribution in [1.82, 2.24) is 16.0 Å². The molecule has 3 N–H and O–H groups in total. The molecule has 1 aromatic carbocycles. The van der Waals surface area contributed by atoms with Crippen LogP contribution in [-0.4, -0.2) is 31.5 Å². The Labute approximate surface area is 159 Å². The number of carbonyl (C=O) groups is 1. The van der Waals surface area contributed by atoms with Crippen LogP contribution >= 0.6 is 11.3 Å². The van der Waals surface area contributed by atoms with Gasteiger partial charge in [0.25, 0.3) is 5.91 Å². The predicted molar refractivity (Wildman–Crippen MR) is 110 cm³/mol. The molecular formula is C20H28N4OS. The Bertz CT molecular complexity index is 695. The van der Waals surface area contributed by atoms with E-state index < -0.39 is 0 Å². The van der Waals surface area contributed by atoms with Gasteiger partial charge in [-0.2, -0.15) is 0 Å². The Morgan fingerprint density at radius 2 is 1.81 bits per heavy atom. The van der Waals surface area contributed by atoms with Crippen molar-refractivity contribution in [2.75, 3.05) is 19.6 Å². The van der Waals surface area contributed by atoms with Gasteiger partial charge in [-0.3, -0.25) is 4.79 Å². The molecule has 1 atom stereocenters. The van der Waals surface area contributed by atoms with Gasteiger partial charge in [-0.15, -0.1) is 11.3 Å². The first-order valence-electron chi connectivity index (χ1n) is 9.06. The van der Waals surface area contributed by atoms with E-state index in [0.29, 0.717) is 24.6 Å². The van der Waals surface area contributed by atoms with Crippen LogP contribution in [-0.2, 0) is 6.54 Å². The highest BCUT2D eigenvalue weighted by Gasteiger charge is 2.08. The summed E-state index contributed by atoms with van der Waals surface area (Å²) in [6, 6.07) is 11.8. The fraction of sp³-hybridized carbons (Fsp3) is 0.400. The van der Waals surface area contributed by atoms with Crippen molar-refractivity contribution in [3.8, 4) is 0 Å². The first-order valence-corrected chi connectivity index (χ1v) is 9.94. The number of amides is 1. The third kappa shape index (κ3) is 6.19. The van der Waals surface area contributed by atoms with Crippen LogP contribution in [0, 0.1) is 0 Å². The molecule has 2 aromatic rings. The van der Waals surface area contributed by atoms with Gasteiger partial charge < -0.3 is 16.0 Å². The minimum absolute atomic E-state index is 0.0416. The minimum atomic E-state index is -0.0416. The highest BCUT2D eigenvalue weighted by atomic mass is 32.1. The quantitative estimate of drug-likeness (QED) is 0.492. The Morgan fingerprint density at radius 3 is 2.42 bits per heavy atom. The van der Waals surface area contributed by atoms with Crippen molar-refractivity contribution < 1.29 is 4.79 Å². The zero-order valence-electron chi connectivity index (χ0n) is 15.7. The number of carbonyl (C=O) groups excluding carboxylic acids is 1. The third-order valence-corrected chi connectivity index (χ3v) is 5.03. The molecule has 140 valence electrons. The van der Waals surface area contributed by atoms with E-state index in [0.717, 1.165) is 24.6 Å². The van der Waals surface area contributed by atoms with E-state index in [2.05, 4.69) is 52.3 Å². The SMILES string of the molecule is CCNC(=O)c1ccc(CN=C(NCC)NCC(C)c2cccs2)cc1. The van der Waals surface area contributed by atoms with E-state index in [1.165, 1.54) is 4.88 Å². The molecule has 0 bridgehead atoms. The van der Waals surface area contributed by atoms with Crippen LogP contribution in [0.2, 0.25) is 0 Å². The number of guanidine groups is 1. The lowest BCUT2D eigenvalue weighted by Crippen LogP contribution is -2.39. The molecule has 0 saturated heterocycles. The van der Waals surface area contributed by atoms with Crippen molar-refractivity contribution in [2.45, 2.75) is 33.2 Å². The number of hydrogen-bond donors (Lipinski definition) is 3. The van der Waals surface area contributed by atoms with Crippen LogP contribution in [0.15, 0.2) is 46.8 Å². The van der Waals surface area contributed by atoms with E-state index >= 15 is 0 Å². The maximum Gasteiger partial charge on any atom is 0.251 e. The maximum absolute atomic E-state index is 11.8. The number of rotatable bonds is 8. The molecule has 0 aliphatic carbocycles. The summed E-state index contributed by atoms with van der Waals surface area (Å²) in [5.41, 5.74) is 1.75. The molecule has 6 heteroatoms. The molecule has 1 aromatic heterocycles. The molecule has 5 nitrogen and oxygen atoms in total. The summed E-state index contributed by atoms with van der Waals surface area (Å²) < 4.78 is 0. The van der Waals surface area contributed by atoms with E-state index in [1.807, 2.05) is 31.2 Å². The van der Waals surface area contributed by atoms with Crippen LogP contribution in [0.25, 0.3) is 0 Å². The number of thiophene rings is 1. The van der Waals surface area contributed by atoms with Gasteiger partial charge in [0.05, 0.1) is 6.54 Å². The number of benzene rings is 1. The van der Waals surface area contributed by atoms with E-state index in [9.17, 15) is 4.79 Å². The number of aliphatic imine (C=N–C) groups is 1. The molecule has 0 saturated carbocycles. The average Bonchev–Trinajstić information content (AvgIpc) is 3.19. The number of nitrogens with one attached hydrogen (secondary N) is 3. The Kier molecular flexibility index (Phi) is 8.15. The smallest absolute Gasteiger partial charge is 0.251 e. The Balaban J connectivity index is 1.92. The van der Waals surface area contributed by atoms with Gasteiger partial charge in [-0.05, 0) is 43.0 Å². The van der Waals surface area contributed by atoms with Crippen molar-refractivity contribution in [1.29, 1.82) is 0 Å². The molecule has 2 rings (SSSR count). The minimum Gasteiger partial charge on any atom is -0.357 e. The van der Waals surface area contributed by atoms with Gasteiger partial charge >= 0.3 is 0 Å². The molecule has 0 fully saturated rings. The molecule has 1 heterocycles. The lowest BCUT2D eigenvalue weighted by Gasteiger charge is -2.15. The molecule has 26 heavy (non-hydrogen) atoms. The summed E-state index contributed by atoms with van der Waals surface area (Å²) in [6.45, 7) is 9.03. The summed E-state index contributed by atoms with van der Waals surface area (Å²) >= 11 is 1.78. The second-order valence-electron chi connectivity index (χ2n) is 6.05. The molecule has 1 unspecified atom stereocenters. The average molecular weight is 373 g/mol. The van der Waals surface area contributed by atoms with Crippen LogP contribution in [0.1, 0.15) is 47.5 Å². The van der Waals surface area contributed by atoms with Crippen molar-refractivity contribution in [2.24, 2.45) is 4.99 Å². The fourth-order valence-electron chi connectivity index (χ4n) is 2.46. The zero-order valence-corrected chi connectivity index (χ0v) is 16.5. The summed E-state index contributed by atoms with van der Waals surface area (Å²) in [6.07, 6.45) is 0. The first kappa shape index (κ1) is 20.0.